The van der Waals surface area contributed by atoms with Crippen molar-refractivity contribution in [2.75, 3.05) is 0 Å². The summed E-state index contributed by atoms with van der Waals surface area (Å²) in [7, 11) is 0. The van der Waals surface area contributed by atoms with Crippen molar-refractivity contribution < 1.29 is 36.9 Å². The zero-order chi connectivity index (χ0) is 17.2. The fraction of sp³-hybridized carbons (Fsp3) is 0.650. The Morgan fingerprint density at radius 1 is 0.966 bits per heavy atom. The van der Waals surface area contributed by atoms with Crippen LogP contribution in [0.15, 0.2) is 29.2 Å². The van der Waals surface area contributed by atoms with Crippen molar-refractivity contribution in [3.8, 4) is 0 Å². The third-order valence-corrected chi connectivity index (χ3v) is 5.70. The van der Waals surface area contributed by atoms with Crippen molar-refractivity contribution in [3.05, 3.63) is 30.1 Å². The number of hydrogen-bond acceptors (Lipinski definition) is 3. The Morgan fingerprint density at radius 2 is 1.55 bits per heavy atom. The molecule has 0 spiro atoms. The van der Waals surface area contributed by atoms with Gasteiger partial charge in [-0.3, -0.25) is 28.3 Å². The molecule has 0 aliphatic heterocycles. The molecule has 1 aliphatic carbocycles. The van der Waals surface area contributed by atoms with Crippen molar-refractivity contribution in [2.45, 2.75) is 76.0 Å². The SMILES string of the molecule is CCCCCCCC1CCC(C(=O)OSc2ccccc2F)CC1.F.F.F.F.F. The van der Waals surface area contributed by atoms with Gasteiger partial charge in [0.15, 0.2) is 0 Å². The van der Waals surface area contributed by atoms with Crippen LogP contribution in [0.2, 0.25) is 0 Å². The summed E-state index contributed by atoms with van der Waals surface area (Å²) in [4.78, 5) is 12.5. The van der Waals surface area contributed by atoms with Crippen LogP contribution in [-0.2, 0) is 8.98 Å². The van der Waals surface area contributed by atoms with Gasteiger partial charge < -0.3 is 4.18 Å². The van der Waals surface area contributed by atoms with E-state index in [9.17, 15) is 9.18 Å². The predicted molar refractivity (Wildman–Crippen MR) is 110 cm³/mol. The largest absolute Gasteiger partial charge is 0.386 e. The van der Waals surface area contributed by atoms with E-state index in [-0.39, 0.29) is 41.2 Å². The Morgan fingerprint density at radius 3 is 2.14 bits per heavy atom. The third kappa shape index (κ3) is 12.7. The number of rotatable bonds is 9. The molecule has 29 heavy (non-hydrogen) atoms. The van der Waals surface area contributed by atoms with Crippen LogP contribution in [0.5, 0.6) is 0 Å². The number of unbranched alkanes of at least 4 members (excludes halogenated alkanes) is 4. The first-order valence-electron chi connectivity index (χ1n) is 9.33. The van der Waals surface area contributed by atoms with Crippen molar-refractivity contribution >= 4 is 18.0 Å². The third-order valence-electron chi connectivity index (χ3n) is 4.95. The molecule has 1 saturated carbocycles. The van der Waals surface area contributed by atoms with Crippen molar-refractivity contribution in [3.63, 3.8) is 0 Å². The molecule has 0 bridgehead atoms. The van der Waals surface area contributed by atoms with Gasteiger partial charge in [0.1, 0.15) is 5.82 Å². The smallest absolute Gasteiger partial charge is 0.321 e. The van der Waals surface area contributed by atoms with Crippen molar-refractivity contribution in [1.82, 2.24) is 0 Å². The second kappa shape index (κ2) is 19.9. The highest BCUT2D eigenvalue weighted by Gasteiger charge is 2.27. The van der Waals surface area contributed by atoms with Crippen LogP contribution >= 0.6 is 12.0 Å². The molecule has 0 amide bonds. The lowest BCUT2D eigenvalue weighted by Crippen LogP contribution is -2.22. The lowest BCUT2D eigenvalue weighted by Gasteiger charge is -2.26. The molecule has 0 atom stereocenters. The Balaban J connectivity index is -0.000000625. The molecule has 1 aliphatic rings. The molecule has 0 aromatic heterocycles. The standard InChI is InChI=1S/C20H29FO2S.5FH/c1-2-3-4-5-6-9-16-12-14-17(15-13-16)20(22)23-24-19-11-8-7-10-18(19)21;;;;;/h7-8,10-11,16-17H,2-6,9,12-15H2,1H3;5*1H. The lowest BCUT2D eigenvalue weighted by atomic mass is 9.80. The van der Waals surface area contributed by atoms with E-state index in [0.29, 0.717) is 4.90 Å². The van der Waals surface area contributed by atoms with E-state index in [1.54, 1.807) is 18.2 Å². The normalized spacial score (nSPS) is 17.2. The molecule has 0 N–H and O–H groups in total. The summed E-state index contributed by atoms with van der Waals surface area (Å²) >= 11 is 0.847. The molecule has 174 valence electrons. The van der Waals surface area contributed by atoms with Gasteiger partial charge in [-0.05, 0) is 43.7 Å². The highest BCUT2D eigenvalue weighted by molar-refractivity contribution is 7.95. The van der Waals surface area contributed by atoms with Gasteiger partial charge >= 0.3 is 5.97 Å². The summed E-state index contributed by atoms with van der Waals surface area (Å²) in [6, 6.07) is 6.38. The highest BCUT2D eigenvalue weighted by Crippen LogP contribution is 2.34. The number of halogens is 6. The van der Waals surface area contributed by atoms with E-state index < -0.39 is 0 Å². The Labute approximate surface area is 173 Å². The summed E-state index contributed by atoms with van der Waals surface area (Å²) < 4.78 is 18.8. The van der Waals surface area contributed by atoms with E-state index in [1.807, 2.05) is 0 Å². The van der Waals surface area contributed by atoms with Crippen LogP contribution < -0.4 is 0 Å². The summed E-state index contributed by atoms with van der Waals surface area (Å²) in [5.41, 5.74) is 0. The van der Waals surface area contributed by atoms with Crippen LogP contribution in [-0.4, -0.2) is 5.97 Å². The monoisotopic (exact) mass is 452 g/mol. The Kier molecular flexibility index (Phi) is 24.1. The number of carbonyl (C=O) groups is 1. The summed E-state index contributed by atoms with van der Waals surface area (Å²) in [6.07, 6.45) is 12.0. The van der Waals surface area contributed by atoms with Crippen LogP contribution in [0.1, 0.15) is 71.1 Å². The second-order valence-electron chi connectivity index (χ2n) is 6.84. The molecule has 2 nitrogen and oxygen atoms in total. The highest BCUT2D eigenvalue weighted by atomic mass is 32.2. The minimum atomic E-state index is -0.345. The van der Waals surface area contributed by atoms with Crippen molar-refractivity contribution in [1.29, 1.82) is 0 Å². The first-order chi connectivity index (χ1) is 11.7. The first-order valence-corrected chi connectivity index (χ1v) is 10.1. The quantitative estimate of drug-likeness (QED) is 0.223. The fourth-order valence-corrected chi connectivity index (χ4v) is 3.98. The van der Waals surface area contributed by atoms with Gasteiger partial charge in [0, 0.05) is 0 Å². The van der Waals surface area contributed by atoms with Gasteiger partial charge in [0.05, 0.1) is 22.9 Å². The summed E-state index contributed by atoms with van der Waals surface area (Å²) in [5, 5.41) is 0. The minimum absolute atomic E-state index is 0. The van der Waals surface area contributed by atoms with Crippen LogP contribution in [0.4, 0.5) is 27.9 Å². The van der Waals surface area contributed by atoms with Gasteiger partial charge in [-0.2, -0.15) is 0 Å². The molecule has 0 heterocycles. The van der Waals surface area contributed by atoms with Crippen LogP contribution in [0, 0.1) is 17.7 Å². The molecule has 0 unspecified atom stereocenters. The Hall–Kier alpha value is -1.38. The molecule has 1 aromatic rings. The molecule has 1 fully saturated rings. The average Bonchev–Trinajstić information content (AvgIpc) is 2.61. The average molecular weight is 453 g/mol. The van der Waals surface area contributed by atoms with E-state index in [2.05, 4.69) is 6.92 Å². The summed E-state index contributed by atoms with van der Waals surface area (Å²) in [5.74, 6) is 0.224. The van der Waals surface area contributed by atoms with E-state index in [0.717, 1.165) is 43.6 Å². The lowest BCUT2D eigenvalue weighted by molar-refractivity contribution is -0.138. The minimum Gasteiger partial charge on any atom is -0.386 e. The van der Waals surface area contributed by atoms with E-state index in [1.165, 1.54) is 44.6 Å². The maximum Gasteiger partial charge on any atom is 0.321 e. The first kappa shape index (κ1) is 35.1. The predicted octanol–water partition coefficient (Wildman–Crippen LogP) is 7.31. The molecule has 9 heteroatoms. The molecular weight excluding hydrogens is 418 g/mol. The second-order valence-corrected chi connectivity index (χ2v) is 7.61. The molecular formula is C20H34F6O2S. The van der Waals surface area contributed by atoms with Crippen LogP contribution in [0.25, 0.3) is 0 Å². The van der Waals surface area contributed by atoms with Crippen LogP contribution in [0.3, 0.4) is 0 Å². The van der Waals surface area contributed by atoms with Crippen molar-refractivity contribution in [2.24, 2.45) is 11.8 Å². The Bertz CT molecular complexity index is 513. The number of benzene rings is 1. The van der Waals surface area contributed by atoms with Gasteiger partial charge in [-0.15, -0.1) is 0 Å². The topological polar surface area (TPSA) is 26.3 Å². The molecule has 0 radical (unpaired) electrons. The van der Waals surface area contributed by atoms with Gasteiger partial charge in [-0.1, -0.05) is 57.6 Å². The molecule has 1 aromatic carbocycles. The van der Waals surface area contributed by atoms with Gasteiger partial charge in [0.25, 0.3) is 0 Å². The number of hydrogen-bond donors (Lipinski definition) is 0. The zero-order valence-corrected chi connectivity index (χ0v) is 17.5. The number of carbonyl (C=O) groups excluding carboxylic acids is 1. The maximum absolute atomic E-state index is 13.5. The molecule has 0 saturated heterocycles. The maximum atomic E-state index is 13.5. The van der Waals surface area contributed by atoms with E-state index >= 15 is 0 Å². The van der Waals surface area contributed by atoms with E-state index in [4.69, 9.17) is 4.18 Å². The zero-order valence-electron chi connectivity index (χ0n) is 16.7. The fourth-order valence-electron chi connectivity index (χ4n) is 3.39. The van der Waals surface area contributed by atoms with Gasteiger partial charge in [0.2, 0.25) is 0 Å². The summed E-state index contributed by atoms with van der Waals surface area (Å²) in [6.45, 7) is 2.24. The van der Waals surface area contributed by atoms with Gasteiger partial charge in [-0.25, -0.2) is 4.39 Å². The molecule has 2 rings (SSSR count).